The van der Waals surface area contributed by atoms with E-state index in [0.29, 0.717) is 19.2 Å². The van der Waals surface area contributed by atoms with Gasteiger partial charge in [-0.2, -0.15) is 0 Å². The zero-order valence-corrected chi connectivity index (χ0v) is 12.5. The first-order valence-electron chi connectivity index (χ1n) is 7.22. The van der Waals surface area contributed by atoms with Crippen LogP contribution in [-0.2, 0) is 11.2 Å². The zero-order valence-electron chi connectivity index (χ0n) is 12.5. The largest absolute Gasteiger partial charge is 0.340 e. The highest BCUT2D eigenvalue weighted by Gasteiger charge is 2.22. The number of halogens is 3. The van der Waals surface area contributed by atoms with Gasteiger partial charge in [0.25, 0.3) is 0 Å². The van der Waals surface area contributed by atoms with Crippen LogP contribution in [0.3, 0.4) is 0 Å². The molecule has 1 atom stereocenters. The summed E-state index contributed by atoms with van der Waals surface area (Å²) in [7, 11) is 1.99. The molecule has 0 aromatic heterocycles. The van der Waals surface area contributed by atoms with Gasteiger partial charge in [0, 0.05) is 44.7 Å². The van der Waals surface area contributed by atoms with Gasteiger partial charge in [-0.25, -0.2) is 13.2 Å². The average Bonchev–Trinajstić information content (AvgIpc) is 2.45. The fourth-order valence-corrected chi connectivity index (χ4v) is 2.48. The minimum Gasteiger partial charge on any atom is -0.340 e. The Hall–Kier alpha value is -1.60. The fraction of sp³-hybridized carbons (Fsp3) is 0.533. The lowest BCUT2D eigenvalue weighted by atomic mass is 10.0. The monoisotopic (exact) mass is 315 g/mol. The summed E-state index contributed by atoms with van der Waals surface area (Å²) in [5.41, 5.74) is 5.84. The standard InChI is InChI=1S/C15H20F3N3O/c1-20-2-4-21(5-3-20)15(22)8-11(19)6-10-7-13(17)14(18)9-12(10)16/h7,9,11H,2-6,8,19H2,1H3/t11-/m1/s1. The van der Waals surface area contributed by atoms with Crippen molar-refractivity contribution in [1.82, 2.24) is 9.80 Å². The second kappa shape index (κ2) is 7.11. The second-order valence-electron chi connectivity index (χ2n) is 5.71. The molecule has 1 saturated heterocycles. The van der Waals surface area contributed by atoms with Crippen LogP contribution in [0.4, 0.5) is 13.2 Å². The van der Waals surface area contributed by atoms with E-state index in [1.165, 1.54) is 0 Å². The Morgan fingerprint density at radius 2 is 1.73 bits per heavy atom. The molecule has 0 bridgehead atoms. The molecule has 2 N–H and O–H groups in total. The molecule has 22 heavy (non-hydrogen) atoms. The molecule has 1 aliphatic heterocycles. The number of carbonyl (C=O) groups is 1. The third-order valence-electron chi connectivity index (χ3n) is 3.86. The second-order valence-corrected chi connectivity index (χ2v) is 5.71. The molecule has 0 radical (unpaired) electrons. The number of benzene rings is 1. The van der Waals surface area contributed by atoms with Crippen molar-refractivity contribution in [2.45, 2.75) is 18.9 Å². The summed E-state index contributed by atoms with van der Waals surface area (Å²) in [5.74, 6) is -3.29. The molecular formula is C15H20F3N3O. The SMILES string of the molecule is CN1CCN(C(=O)C[C@H](N)Cc2cc(F)c(F)cc2F)CC1. The molecule has 2 rings (SSSR count). The van der Waals surface area contributed by atoms with Gasteiger partial charge in [-0.15, -0.1) is 0 Å². The van der Waals surface area contributed by atoms with Crippen LogP contribution in [0.15, 0.2) is 12.1 Å². The van der Waals surface area contributed by atoms with E-state index in [0.717, 1.165) is 19.2 Å². The summed E-state index contributed by atoms with van der Waals surface area (Å²) in [6.45, 7) is 2.89. The number of likely N-dealkylation sites (N-methyl/N-ethyl adjacent to an activating group) is 1. The van der Waals surface area contributed by atoms with E-state index in [-0.39, 0.29) is 24.3 Å². The molecule has 1 aromatic carbocycles. The van der Waals surface area contributed by atoms with Crippen molar-refractivity contribution in [2.24, 2.45) is 5.73 Å². The Kier molecular flexibility index (Phi) is 5.42. The highest BCUT2D eigenvalue weighted by molar-refractivity contribution is 5.77. The Morgan fingerprint density at radius 1 is 1.14 bits per heavy atom. The summed E-state index contributed by atoms with van der Waals surface area (Å²) in [5, 5.41) is 0. The number of hydrogen-bond donors (Lipinski definition) is 1. The predicted octanol–water partition coefficient (Wildman–Crippen LogP) is 1.14. The number of hydrogen-bond acceptors (Lipinski definition) is 3. The first kappa shape index (κ1) is 16.8. The molecule has 4 nitrogen and oxygen atoms in total. The maximum absolute atomic E-state index is 13.6. The molecule has 1 amide bonds. The molecule has 0 unspecified atom stereocenters. The number of nitrogens with zero attached hydrogens (tertiary/aromatic N) is 2. The van der Waals surface area contributed by atoms with E-state index in [9.17, 15) is 18.0 Å². The van der Waals surface area contributed by atoms with Crippen molar-refractivity contribution in [3.8, 4) is 0 Å². The van der Waals surface area contributed by atoms with Crippen LogP contribution in [-0.4, -0.2) is 55.0 Å². The molecular weight excluding hydrogens is 295 g/mol. The van der Waals surface area contributed by atoms with Crippen molar-refractivity contribution in [1.29, 1.82) is 0 Å². The maximum Gasteiger partial charge on any atom is 0.224 e. The van der Waals surface area contributed by atoms with E-state index in [2.05, 4.69) is 4.90 Å². The van der Waals surface area contributed by atoms with Gasteiger partial charge in [-0.05, 0) is 25.1 Å². The molecule has 0 aliphatic carbocycles. The zero-order chi connectivity index (χ0) is 16.3. The quantitative estimate of drug-likeness (QED) is 0.848. The highest BCUT2D eigenvalue weighted by Crippen LogP contribution is 2.16. The summed E-state index contributed by atoms with van der Waals surface area (Å²) in [6, 6.07) is 0.663. The molecule has 1 aromatic rings. The van der Waals surface area contributed by atoms with Crippen LogP contribution in [0, 0.1) is 17.5 Å². The topological polar surface area (TPSA) is 49.6 Å². The summed E-state index contributed by atoms with van der Waals surface area (Å²) >= 11 is 0. The van der Waals surface area contributed by atoms with Crippen LogP contribution in [0.2, 0.25) is 0 Å². The minimum atomic E-state index is -1.23. The van der Waals surface area contributed by atoms with Crippen molar-refractivity contribution in [3.05, 3.63) is 35.1 Å². The minimum absolute atomic E-state index is 0.0114. The van der Waals surface area contributed by atoms with E-state index in [1.807, 2.05) is 7.05 Å². The van der Waals surface area contributed by atoms with Crippen molar-refractivity contribution >= 4 is 5.91 Å². The van der Waals surface area contributed by atoms with Crippen LogP contribution in [0.5, 0.6) is 0 Å². The Morgan fingerprint density at radius 3 is 2.36 bits per heavy atom. The Labute approximate surface area is 127 Å². The smallest absolute Gasteiger partial charge is 0.224 e. The van der Waals surface area contributed by atoms with E-state index < -0.39 is 23.5 Å². The number of amides is 1. The molecule has 7 heteroatoms. The number of carbonyl (C=O) groups excluding carboxylic acids is 1. The first-order valence-corrected chi connectivity index (χ1v) is 7.22. The fourth-order valence-electron chi connectivity index (χ4n) is 2.48. The highest BCUT2D eigenvalue weighted by atomic mass is 19.2. The molecule has 0 spiro atoms. The summed E-state index contributed by atoms with van der Waals surface area (Å²) in [6.07, 6.45) is 0.0463. The lowest BCUT2D eigenvalue weighted by Crippen LogP contribution is -2.48. The molecule has 1 aliphatic rings. The van der Waals surface area contributed by atoms with Crippen molar-refractivity contribution in [2.75, 3.05) is 33.2 Å². The molecule has 1 heterocycles. The van der Waals surface area contributed by atoms with E-state index in [4.69, 9.17) is 5.73 Å². The number of nitrogens with two attached hydrogens (primary N) is 1. The van der Waals surface area contributed by atoms with E-state index >= 15 is 0 Å². The summed E-state index contributed by atoms with van der Waals surface area (Å²) < 4.78 is 39.6. The molecule has 1 fully saturated rings. The van der Waals surface area contributed by atoms with Gasteiger partial charge < -0.3 is 15.5 Å². The summed E-state index contributed by atoms with van der Waals surface area (Å²) in [4.78, 5) is 16.0. The van der Waals surface area contributed by atoms with Gasteiger partial charge in [0.05, 0.1) is 0 Å². The van der Waals surface area contributed by atoms with Gasteiger partial charge in [0.15, 0.2) is 11.6 Å². The number of rotatable bonds is 4. The Balaban J connectivity index is 1.91. The van der Waals surface area contributed by atoms with Crippen LogP contribution in [0.1, 0.15) is 12.0 Å². The van der Waals surface area contributed by atoms with Crippen molar-refractivity contribution < 1.29 is 18.0 Å². The third-order valence-corrected chi connectivity index (χ3v) is 3.86. The van der Waals surface area contributed by atoms with Crippen LogP contribution in [0.25, 0.3) is 0 Å². The lowest BCUT2D eigenvalue weighted by molar-refractivity contribution is -0.133. The van der Waals surface area contributed by atoms with Gasteiger partial charge in [-0.3, -0.25) is 4.79 Å². The number of piperazine rings is 1. The van der Waals surface area contributed by atoms with E-state index in [1.54, 1.807) is 4.90 Å². The van der Waals surface area contributed by atoms with Crippen LogP contribution < -0.4 is 5.73 Å². The molecule has 122 valence electrons. The first-order chi connectivity index (χ1) is 10.4. The molecule has 0 saturated carbocycles. The maximum atomic E-state index is 13.6. The van der Waals surface area contributed by atoms with Gasteiger partial charge in [0.1, 0.15) is 5.82 Å². The Bertz CT molecular complexity index is 545. The third kappa shape index (κ3) is 4.20. The average molecular weight is 315 g/mol. The lowest BCUT2D eigenvalue weighted by Gasteiger charge is -2.33. The van der Waals surface area contributed by atoms with Gasteiger partial charge in [-0.1, -0.05) is 0 Å². The van der Waals surface area contributed by atoms with Crippen molar-refractivity contribution in [3.63, 3.8) is 0 Å². The van der Waals surface area contributed by atoms with Crippen LogP contribution >= 0.6 is 0 Å². The normalized spacial score (nSPS) is 17.6. The van der Waals surface area contributed by atoms with Gasteiger partial charge >= 0.3 is 0 Å². The van der Waals surface area contributed by atoms with Gasteiger partial charge in [0.2, 0.25) is 5.91 Å². The predicted molar refractivity (Wildman–Crippen MR) is 76.7 cm³/mol.